The van der Waals surface area contributed by atoms with E-state index in [-0.39, 0.29) is 0 Å². The molecule has 2 atom stereocenters. The summed E-state index contributed by atoms with van der Waals surface area (Å²) in [4.78, 5) is 0. The number of allylic oxidation sites excluding steroid dienone is 1. The number of rotatable bonds is 5. The summed E-state index contributed by atoms with van der Waals surface area (Å²) in [6.45, 7) is 8.10. The van der Waals surface area contributed by atoms with Gasteiger partial charge in [0, 0.05) is 12.6 Å². The normalized spacial score (nSPS) is 29.9. The van der Waals surface area contributed by atoms with E-state index in [4.69, 9.17) is 0 Å². The van der Waals surface area contributed by atoms with Crippen LogP contribution in [0.5, 0.6) is 0 Å². The molecule has 2 saturated carbocycles. The number of nitrogens with one attached hydrogen (secondary N) is 1. The lowest BCUT2D eigenvalue weighted by molar-refractivity contribution is 0.319. The zero-order chi connectivity index (χ0) is 14.4. The number of hydrogen-bond donors (Lipinski definition) is 1. The van der Waals surface area contributed by atoms with E-state index >= 15 is 0 Å². The monoisotopic (exact) mass is 277 g/mol. The summed E-state index contributed by atoms with van der Waals surface area (Å²) in [5.74, 6) is 2.69. The molecule has 2 aliphatic rings. The van der Waals surface area contributed by atoms with Gasteiger partial charge in [-0.15, -0.1) is 0 Å². The molecule has 0 aliphatic heterocycles. The van der Waals surface area contributed by atoms with Crippen LogP contribution in [0.2, 0.25) is 0 Å². The molecule has 0 bridgehead atoms. The Morgan fingerprint density at radius 3 is 2.45 bits per heavy atom. The average molecular weight is 277 g/mol. The molecule has 2 aliphatic carbocycles. The van der Waals surface area contributed by atoms with Crippen LogP contribution in [0.15, 0.2) is 11.6 Å². The largest absolute Gasteiger partial charge is 0.311 e. The van der Waals surface area contributed by atoms with E-state index in [1.807, 2.05) is 0 Å². The van der Waals surface area contributed by atoms with Gasteiger partial charge in [-0.1, -0.05) is 64.5 Å². The molecule has 1 heteroatoms. The Morgan fingerprint density at radius 1 is 1.05 bits per heavy atom. The average Bonchev–Trinajstić information content (AvgIpc) is 2.44. The second-order valence-corrected chi connectivity index (χ2v) is 7.64. The first kappa shape index (κ1) is 16.1. The molecular formula is C19H35N. The molecule has 0 saturated heterocycles. The van der Waals surface area contributed by atoms with Crippen molar-refractivity contribution in [2.45, 2.75) is 84.6 Å². The minimum Gasteiger partial charge on any atom is -0.311 e. The zero-order valence-corrected chi connectivity index (χ0v) is 14.0. The second kappa shape index (κ2) is 8.22. The van der Waals surface area contributed by atoms with Crippen molar-refractivity contribution in [2.75, 3.05) is 6.54 Å². The van der Waals surface area contributed by atoms with Gasteiger partial charge in [-0.3, -0.25) is 0 Å². The summed E-state index contributed by atoms with van der Waals surface area (Å²) in [5.41, 5.74) is 1.75. The lowest BCUT2D eigenvalue weighted by Crippen LogP contribution is -2.28. The smallest absolute Gasteiger partial charge is 0.0169 e. The van der Waals surface area contributed by atoms with E-state index in [9.17, 15) is 0 Å². The molecule has 0 heterocycles. The SMILES string of the molecule is CC1CCCC(/C=C(/CNC(C)C)C2CCCCC2)C1. The Labute approximate surface area is 126 Å². The molecule has 0 spiro atoms. The standard InChI is InChI=1S/C19H35N/c1-15(2)20-14-19(18-10-5-4-6-11-18)13-17-9-7-8-16(3)12-17/h13,15-18,20H,4-12,14H2,1-3H3/b19-13-. The molecule has 0 aromatic rings. The maximum Gasteiger partial charge on any atom is 0.0169 e. The van der Waals surface area contributed by atoms with Crippen molar-refractivity contribution in [2.24, 2.45) is 17.8 Å². The van der Waals surface area contributed by atoms with Crippen LogP contribution >= 0.6 is 0 Å². The van der Waals surface area contributed by atoms with Gasteiger partial charge in [0.25, 0.3) is 0 Å². The van der Waals surface area contributed by atoms with Gasteiger partial charge >= 0.3 is 0 Å². The van der Waals surface area contributed by atoms with Crippen LogP contribution in [0.4, 0.5) is 0 Å². The van der Waals surface area contributed by atoms with Crippen LogP contribution in [0.25, 0.3) is 0 Å². The highest BCUT2D eigenvalue weighted by Gasteiger charge is 2.22. The summed E-state index contributed by atoms with van der Waals surface area (Å²) in [6.07, 6.45) is 15.7. The molecule has 1 N–H and O–H groups in total. The Kier molecular flexibility index (Phi) is 6.61. The van der Waals surface area contributed by atoms with Gasteiger partial charge in [-0.25, -0.2) is 0 Å². The zero-order valence-electron chi connectivity index (χ0n) is 14.0. The highest BCUT2D eigenvalue weighted by Crippen LogP contribution is 2.34. The maximum absolute atomic E-state index is 3.68. The molecule has 20 heavy (non-hydrogen) atoms. The summed E-state index contributed by atoms with van der Waals surface area (Å²) in [5, 5.41) is 3.68. The van der Waals surface area contributed by atoms with Crippen molar-refractivity contribution < 1.29 is 0 Å². The van der Waals surface area contributed by atoms with Gasteiger partial charge in [0.1, 0.15) is 0 Å². The third kappa shape index (κ3) is 5.24. The van der Waals surface area contributed by atoms with Crippen molar-refractivity contribution in [3.63, 3.8) is 0 Å². The topological polar surface area (TPSA) is 12.0 Å². The minimum absolute atomic E-state index is 0.604. The fraction of sp³-hybridized carbons (Fsp3) is 0.895. The summed E-state index contributed by atoms with van der Waals surface area (Å²) in [6, 6.07) is 0.604. The van der Waals surface area contributed by atoms with Crippen molar-refractivity contribution in [1.82, 2.24) is 5.32 Å². The molecule has 2 fully saturated rings. The Bertz CT molecular complexity index is 299. The van der Waals surface area contributed by atoms with E-state index in [2.05, 4.69) is 32.2 Å². The molecule has 0 amide bonds. The van der Waals surface area contributed by atoms with Gasteiger partial charge in [-0.2, -0.15) is 0 Å². The molecule has 116 valence electrons. The van der Waals surface area contributed by atoms with Gasteiger partial charge in [0.2, 0.25) is 0 Å². The molecule has 2 unspecified atom stereocenters. The fourth-order valence-electron chi connectivity index (χ4n) is 4.07. The van der Waals surface area contributed by atoms with Crippen LogP contribution in [0.3, 0.4) is 0 Å². The van der Waals surface area contributed by atoms with E-state index in [0.717, 1.165) is 24.3 Å². The minimum atomic E-state index is 0.604. The van der Waals surface area contributed by atoms with E-state index in [1.54, 1.807) is 5.57 Å². The van der Waals surface area contributed by atoms with Gasteiger partial charge in [0.05, 0.1) is 0 Å². The van der Waals surface area contributed by atoms with Crippen LogP contribution in [-0.4, -0.2) is 12.6 Å². The molecule has 0 aromatic carbocycles. The van der Waals surface area contributed by atoms with Gasteiger partial charge in [-0.05, 0) is 43.4 Å². The lowest BCUT2D eigenvalue weighted by Gasteiger charge is -2.29. The maximum atomic E-state index is 3.68. The third-order valence-electron chi connectivity index (χ3n) is 5.27. The van der Waals surface area contributed by atoms with Gasteiger partial charge < -0.3 is 5.32 Å². The molecule has 2 rings (SSSR count). The van der Waals surface area contributed by atoms with E-state index in [0.29, 0.717) is 6.04 Å². The molecule has 0 radical (unpaired) electrons. The first-order chi connectivity index (χ1) is 9.65. The van der Waals surface area contributed by atoms with Crippen LogP contribution in [0, 0.1) is 17.8 Å². The van der Waals surface area contributed by atoms with Crippen molar-refractivity contribution in [1.29, 1.82) is 0 Å². The number of hydrogen-bond acceptors (Lipinski definition) is 1. The second-order valence-electron chi connectivity index (χ2n) is 7.64. The van der Waals surface area contributed by atoms with Crippen LogP contribution in [-0.2, 0) is 0 Å². The van der Waals surface area contributed by atoms with Crippen LogP contribution in [0.1, 0.15) is 78.6 Å². The quantitative estimate of drug-likeness (QED) is 0.671. The summed E-state index contributed by atoms with van der Waals surface area (Å²) >= 11 is 0. The highest BCUT2D eigenvalue weighted by molar-refractivity contribution is 5.12. The van der Waals surface area contributed by atoms with Crippen molar-refractivity contribution >= 4 is 0 Å². The van der Waals surface area contributed by atoms with E-state index in [1.165, 1.54) is 57.8 Å². The Morgan fingerprint density at radius 2 is 1.80 bits per heavy atom. The molecule has 0 aromatic heterocycles. The third-order valence-corrected chi connectivity index (χ3v) is 5.27. The fourth-order valence-corrected chi connectivity index (χ4v) is 4.07. The predicted molar refractivity (Wildman–Crippen MR) is 88.9 cm³/mol. The van der Waals surface area contributed by atoms with Crippen molar-refractivity contribution in [3.8, 4) is 0 Å². The summed E-state index contributed by atoms with van der Waals surface area (Å²) < 4.78 is 0. The van der Waals surface area contributed by atoms with Crippen LogP contribution < -0.4 is 5.32 Å². The lowest BCUT2D eigenvalue weighted by atomic mass is 9.78. The first-order valence-electron chi connectivity index (χ1n) is 9.09. The molecule has 1 nitrogen and oxygen atoms in total. The van der Waals surface area contributed by atoms with Gasteiger partial charge in [0.15, 0.2) is 0 Å². The first-order valence-corrected chi connectivity index (χ1v) is 9.09. The summed E-state index contributed by atoms with van der Waals surface area (Å²) in [7, 11) is 0. The van der Waals surface area contributed by atoms with E-state index < -0.39 is 0 Å². The Balaban J connectivity index is 1.99. The predicted octanol–water partition coefficient (Wildman–Crippen LogP) is 5.32. The van der Waals surface area contributed by atoms with Crippen molar-refractivity contribution in [3.05, 3.63) is 11.6 Å². The molecular weight excluding hydrogens is 242 g/mol. The highest BCUT2D eigenvalue weighted by atomic mass is 14.9. The Hall–Kier alpha value is -0.300.